The molecule has 0 amide bonds. The Labute approximate surface area is 79.0 Å². The van der Waals surface area contributed by atoms with Crippen molar-refractivity contribution in [2.24, 2.45) is 0 Å². The van der Waals surface area contributed by atoms with Crippen LogP contribution in [0.3, 0.4) is 0 Å². The van der Waals surface area contributed by atoms with Crippen LogP contribution in [-0.2, 0) is 4.79 Å². The average Bonchev–Trinajstić information content (AvgIpc) is 2.04. The number of carbonyl (C=O) groups excluding carboxylic acids is 1. The lowest BCUT2D eigenvalue weighted by Crippen LogP contribution is -3.15. The van der Waals surface area contributed by atoms with E-state index in [4.69, 9.17) is 0 Å². The van der Waals surface area contributed by atoms with Gasteiger partial charge in [-0.2, -0.15) is 0 Å². The molecule has 0 aromatic rings. The van der Waals surface area contributed by atoms with E-state index in [1.54, 1.807) is 4.90 Å². The standard InChI is InChI=1S/C10H17NO2/c1-8(2)11-5-3-9(4-6-11)7-10(12)13/h7-8H,3-6H2,1-2H3,(H,12,13). The highest BCUT2D eigenvalue weighted by atomic mass is 16.4. The Morgan fingerprint density at radius 1 is 1.46 bits per heavy atom. The van der Waals surface area contributed by atoms with Gasteiger partial charge in [0.15, 0.2) is 0 Å². The number of aliphatic carboxylic acids is 1. The fourth-order valence-electron chi connectivity index (χ4n) is 1.78. The highest BCUT2D eigenvalue weighted by molar-refractivity contribution is 5.78. The molecule has 0 atom stereocenters. The number of likely N-dealkylation sites (tertiary alicyclic amines) is 1. The van der Waals surface area contributed by atoms with Gasteiger partial charge in [0.1, 0.15) is 0 Å². The molecular weight excluding hydrogens is 166 g/mol. The van der Waals surface area contributed by atoms with Gasteiger partial charge in [-0.25, -0.2) is 0 Å². The zero-order valence-corrected chi connectivity index (χ0v) is 8.30. The van der Waals surface area contributed by atoms with Crippen molar-refractivity contribution in [1.82, 2.24) is 0 Å². The Morgan fingerprint density at radius 2 is 2.00 bits per heavy atom. The van der Waals surface area contributed by atoms with Gasteiger partial charge in [0, 0.05) is 12.8 Å². The first-order valence-electron chi connectivity index (χ1n) is 4.84. The molecule has 1 heterocycles. The lowest BCUT2D eigenvalue weighted by atomic mass is 10.0. The van der Waals surface area contributed by atoms with Crippen molar-refractivity contribution in [3.8, 4) is 0 Å². The number of nitrogens with one attached hydrogen (secondary N) is 1. The van der Waals surface area contributed by atoms with Crippen molar-refractivity contribution in [1.29, 1.82) is 0 Å². The molecule has 1 rings (SSSR count). The molecular formula is C10H17NO2. The Bertz CT molecular complexity index is 211. The molecule has 0 aliphatic carbocycles. The molecule has 1 aliphatic rings. The van der Waals surface area contributed by atoms with Gasteiger partial charge >= 0.3 is 0 Å². The summed E-state index contributed by atoms with van der Waals surface area (Å²) in [6.45, 7) is 6.50. The number of carbonyl (C=O) groups is 1. The summed E-state index contributed by atoms with van der Waals surface area (Å²) in [5, 5.41) is 10.3. The summed E-state index contributed by atoms with van der Waals surface area (Å²) in [5.41, 5.74) is 1.03. The molecule has 1 saturated heterocycles. The molecule has 0 spiro atoms. The minimum Gasteiger partial charge on any atom is -0.545 e. The molecule has 0 aromatic heterocycles. The molecule has 13 heavy (non-hydrogen) atoms. The van der Waals surface area contributed by atoms with Gasteiger partial charge in [0.2, 0.25) is 0 Å². The second-order valence-corrected chi connectivity index (χ2v) is 3.93. The number of hydrogen-bond donors (Lipinski definition) is 1. The predicted octanol–water partition coefficient (Wildman–Crippen LogP) is -1.25. The number of quaternary nitrogens is 1. The largest absolute Gasteiger partial charge is 0.545 e. The molecule has 0 aromatic carbocycles. The van der Waals surface area contributed by atoms with Gasteiger partial charge in [0.25, 0.3) is 0 Å². The SMILES string of the molecule is CC(C)[NH+]1CCC(=CC(=O)[O-])CC1. The van der Waals surface area contributed by atoms with Crippen molar-refractivity contribution >= 4 is 5.97 Å². The van der Waals surface area contributed by atoms with Crippen LogP contribution in [0.25, 0.3) is 0 Å². The fourth-order valence-corrected chi connectivity index (χ4v) is 1.78. The van der Waals surface area contributed by atoms with Crippen LogP contribution in [0.15, 0.2) is 11.6 Å². The minimum atomic E-state index is -1.05. The highest BCUT2D eigenvalue weighted by Crippen LogP contribution is 2.06. The second-order valence-electron chi connectivity index (χ2n) is 3.93. The summed E-state index contributed by atoms with van der Waals surface area (Å²) in [4.78, 5) is 11.9. The molecule has 3 nitrogen and oxygen atoms in total. The first kappa shape index (κ1) is 10.3. The van der Waals surface area contributed by atoms with E-state index in [2.05, 4.69) is 13.8 Å². The second kappa shape index (κ2) is 4.42. The molecule has 1 fully saturated rings. The Hall–Kier alpha value is -0.830. The summed E-state index contributed by atoms with van der Waals surface area (Å²) >= 11 is 0. The Kier molecular flexibility index (Phi) is 3.48. The van der Waals surface area contributed by atoms with Crippen molar-refractivity contribution in [2.75, 3.05) is 13.1 Å². The zero-order valence-electron chi connectivity index (χ0n) is 8.30. The maximum Gasteiger partial charge on any atom is 0.0817 e. The average molecular weight is 183 g/mol. The van der Waals surface area contributed by atoms with Gasteiger partial charge in [-0.1, -0.05) is 5.57 Å². The number of carboxylic acid groups (broad SMARTS) is 1. The van der Waals surface area contributed by atoms with E-state index in [1.165, 1.54) is 6.08 Å². The van der Waals surface area contributed by atoms with Crippen LogP contribution < -0.4 is 10.0 Å². The summed E-state index contributed by atoms with van der Waals surface area (Å²) in [6.07, 6.45) is 3.07. The van der Waals surface area contributed by atoms with Gasteiger partial charge in [-0.15, -0.1) is 0 Å². The molecule has 0 unspecified atom stereocenters. The maximum atomic E-state index is 10.3. The van der Waals surface area contributed by atoms with Crippen LogP contribution in [0.4, 0.5) is 0 Å². The van der Waals surface area contributed by atoms with E-state index in [0.29, 0.717) is 6.04 Å². The van der Waals surface area contributed by atoms with Gasteiger partial charge in [0.05, 0.1) is 25.1 Å². The lowest BCUT2D eigenvalue weighted by molar-refractivity contribution is -0.924. The summed E-state index contributed by atoms with van der Waals surface area (Å²) in [5.74, 6) is -1.05. The van der Waals surface area contributed by atoms with Crippen LogP contribution in [0.1, 0.15) is 26.7 Å². The van der Waals surface area contributed by atoms with Crippen molar-refractivity contribution in [3.05, 3.63) is 11.6 Å². The molecule has 0 radical (unpaired) electrons. The third-order valence-corrected chi connectivity index (χ3v) is 2.67. The van der Waals surface area contributed by atoms with E-state index < -0.39 is 5.97 Å². The number of hydrogen-bond acceptors (Lipinski definition) is 2. The van der Waals surface area contributed by atoms with Gasteiger partial charge < -0.3 is 14.8 Å². The van der Waals surface area contributed by atoms with Crippen molar-refractivity contribution in [2.45, 2.75) is 32.7 Å². The van der Waals surface area contributed by atoms with E-state index in [1.807, 2.05) is 0 Å². The van der Waals surface area contributed by atoms with Gasteiger partial charge in [-0.05, 0) is 19.9 Å². The lowest BCUT2D eigenvalue weighted by Gasteiger charge is -2.28. The third kappa shape index (κ3) is 3.19. The Morgan fingerprint density at radius 3 is 2.38 bits per heavy atom. The first-order chi connectivity index (χ1) is 6.09. The van der Waals surface area contributed by atoms with Crippen molar-refractivity contribution in [3.63, 3.8) is 0 Å². The summed E-state index contributed by atoms with van der Waals surface area (Å²) in [6, 6.07) is 0.643. The van der Waals surface area contributed by atoms with E-state index in [0.717, 1.165) is 31.5 Å². The van der Waals surface area contributed by atoms with Crippen LogP contribution in [-0.4, -0.2) is 25.1 Å². The number of piperidine rings is 1. The van der Waals surface area contributed by atoms with Gasteiger partial charge in [-0.3, -0.25) is 0 Å². The fraction of sp³-hybridized carbons (Fsp3) is 0.700. The number of carboxylic acids is 1. The molecule has 1 aliphatic heterocycles. The normalized spacial score (nSPS) is 23.3. The first-order valence-corrected chi connectivity index (χ1v) is 4.84. The topological polar surface area (TPSA) is 44.6 Å². The van der Waals surface area contributed by atoms with Crippen LogP contribution in [0, 0.1) is 0 Å². The third-order valence-electron chi connectivity index (χ3n) is 2.67. The molecule has 1 N–H and O–H groups in total. The van der Waals surface area contributed by atoms with E-state index in [9.17, 15) is 9.90 Å². The zero-order chi connectivity index (χ0) is 9.84. The summed E-state index contributed by atoms with van der Waals surface area (Å²) in [7, 11) is 0. The minimum absolute atomic E-state index is 0.643. The summed E-state index contributed by atoms with van der Waals surface area (Å²) < 4.78 is 0. The van der Waals surface area contributed by atoms with Crippen molar-refractivity contribution < 1.29 is 14.8 Å². The number of rotatable bonds is 2. The van der Waals surface area contributed by atoms with E-state index >= 15 is 0 Å². The Balaban J connectivity index is 2.43. The van der Waals surface area contributed by atoms with Crippen LogP contribution in [0.2, 0.25) is 0 Å². The molecule has 0 bridgehead atoms. The van der Waals surface area contributed by atoms with Crippen LogP contribution >= 0.6 is 0 Å². The van der Waals surface area contributed by atoms with Crippen LogP contribution in [0.5, 0.6) is 0 Å². The van der Waals surface area contributed by atoms with E-state index in [-0.39, 0.29) is 0 Å². The molecule has 74 valence electrons. The quantitative estimate of drug-likeness (QED) is 0.544. The highest BCUT2D eigenvalue weighted by Gasteiger charge is 2.18. The smallest absolute Gasteiger partial charge is 0.0817 e. The maximum absolute atomic E-state index is 10.3. The monoisotopic (exact) mass is 183 g/mol. The molecule has 0 saturated carbocycles. The molecule has 3 heteroatoms. The predicted molar refractivity (Wildman–Crippen MR) is 48.2 cm³/mol.